The Labute approximate surface area is 144 Å². The zero-order valence-electron chi connectivity index (χ0n) is 13.6. The monoisotopic (exact) mass is 357 g/mol. The van der Waals surface area contributed by atoms with E-state index in [1.54, 1.807) is 24.3 Å². The summed E-state index contributed by atoms with van der Waals surface area (Å²) in [6, 6.07) is 11.6. The molecule has 1 N–H and O–H groups in total. The van der Waals surface area contributed by atoms with Crippen molar-refractivity contribution in [1.82, 2.24) is 5.16 Å². The molecule has 2 aromatic carbocycles. The molecule has 0 amide bonds. The second kappa shape index (κ2) is 6.45. The van der Waals surface area contributed by atoms with E-state index in [1.807, 2.05) is 19.1 Å². The van der Waals surface area contributed by atoms with E-state index >= 15 is 0 Å². The molecule has 0 bridgehead atoms. The maximum atomic E-state index is 12.8. The van der Waals surface area contributed by atoms with E-state index in [-0.39, 0.29) is 16.5 Å². The minimum atomic E-state index is -3.95. The maximum Gasteiger partial charge on any atom is 0.266 e. The van der Waals surface area contributed by atoms with Gasteiger partial charge < -0.3 is 9.26 Å². The number of rotatable bonds is 5. The summed E-state index contributed by atoms with van der Waals surface area (Å²) in [5, 5.41) is 13.2. The SMILES string of the molecule is CCc1ccc(OC)c(S(=O)(=O)Nc2noc3ccc(C#N)cc23)c1. The van der Waals surface area contributed by atoms with E-state index in [1.165, 1.54) is 13.2 Å². The van der Waals surface area contributed by atoms with Gasteiger partial charge in [-0.3, -0.25) is 4.72 Å². The Morgan fingerprint density at radius 2 is 2.08 bits per heavy atom. The number of hydrogen-bond donors (Lipinski definition) is 1. The molecule has 0 fully saturated rings. The van der Waals surface area contributed by atoms with Gasteiger partial charge in [0.15, 0.2) is 11.4 Å². The molecule has 0 aliphatic heterocycles. The van der Waals surface area contributed by atoms with Crippen molar-refractivity contribution in [3.8, 4) is 11.8 Å². The van der Waals surface area contributed by atoms with Gasteiger partial charge in [0, 0.05) is 0 Å². The van der Waals surface area contributed by atoms with Crippen molar-refractivity contribution in [3.05, 3.63) is 47.5 Å². The third kappa shape index (κ3) is 3.14. The van der Waals surface area contributed by atoms with E-state index in [9.17, 15) is 8.42 Å². The number of nitrogens with one attached hydrogen (secondary N) is 1. The van der Waals surface area contributed by atoms with Crippen LogP contribution in [0.1, 0.15) is 18.1 Å². The van der Waals surface area contributed by atoms with Gasteiger partial charge >= 0.3 is 0 Å². The highest BCUT2D eigenvalue weighted by atomic mass is 32.2. The van der Waals surface area contributed by atoms with Crippen LogP contribution in [0.2, 0.25) is 0 Å². The van der Waals surface area contributed by atoms with Crippen LogP contribution in [0, 0.1) is 11.3 Å². The molecular formula is C17H15N3O4S. The van der Waals surface area contributed by atoms with Crippen molar-refractivity contribution in [1.29, 1.82) is 5.26 Å². The number of benzene rings is 2. The van der Waals surface area contributed by atoms with Crippen LogP contribution in [0.15, 0.2) is 45.8 Å². The lowest BCUT2D eigenvalue weighted by Gasteiger charge is -2.11. The van der Waals surface area contributed by atoms with Crippen molar-refractivity contribution in [3.63, 3.8) is 0 Å². The third-order valence-corrected chi connectivity index (χ3v) is 5.12. The van der Waals surface area contributed by atoms with Crippen molar-refractivity contribution < 1.29 is 17.7 Å². The Morgan fingerprint density at radius 1 is 1.28 bits per heavy atom. The lowest BCUT2D eigenvalue weighted by Crippen LogP contribution is -2.15. The van der Waals surface area contributed by atoms with Crippen LogP contribution >= 0.6 is 0 Å². The maximum absolute atomic E-state index is 12.8. The highest BCUT2D eigenvalue weighted by Crippen LogP contribution is 2.30. The highest BCUT2D eigenvalue weighted by molar-refractivity contribution is 7.92. The minimum absolute atomic E-state index is 0.0157. The van der Waals surface area contributed by atoms with Crippen LogP contribution in [-0.4, -0.2) is 20.7 Å². The number of ether oxygens (including phenoxy) is 1. The second-order valence-corrected chi connectivity index (χ2v) is 6.95. The fourth-order valence-corrected chi connectivity index (χ4v) is 3.65. The molecule has 3 rings (SSSR count). The number of aryl methyl sites for hydroxylation is 1. The molecule has 0 aliphatic rings. The number of anilines is 1. The first-order chi connectivity index (χ1) is 12.0. The van der Waals surface area contributed by atoms with Gasteiger partial charge in [-0.05, 0) is 42.3 Å². The average molecular weight is 357 g/mol. The Morgan fingerprint density at radius 3 is 2.76 bits per heavy atom. The summed E-state index contributed by atoms with van der Waals surface area (Å²) in [5.74, 6) is 0.256. The first kappa shape index (κ1) is 16.8. The summed E-state index contributed by atoms with van der Waals surface area (Å²) >= 11 is 0. The summed E-state index contributed by atoms with van der Waals surface area (Å²) in [6.07, 6.45) is 0.685. The Bertz CT molecular complexity index is 1080. The fraction of sp³-hybridized carbons (Fsp3) is 0.176. The second-order valence-electron chi connectivity index (χ2n) is 5.30. The Hall–Kier alpha value is -3.05. The van der Waals surface area contributed by atoms with E-state index in [0.717, 1.165) is 5.56 Å². The van der Waals surface area contributed by atoms with Gasteiger partial charge in [0.2, 0.25) is 0 Å². The van der Waals surface area contributed by atoms with E-state index in [4.69, 9.17) is 14.5 Å². The summed E-state index contributed by atoms with van der Waals surface area (Å²) in [7, 11) is -2.54. The first-order valence-corrected chi connectivity index (χ1v) is 8.96. The number of methoxy groups -OCH3 is 1. The van der Waals surface area contributed by atoms with Crippen molar-refractivity contribution in [2.45, 2.75) is 18.2 Å². The van der Waals surface area contributed by atoms with Gasteiger partial charge in [-0.2, -0.15) is 5.26 Å². The van der Waals surface area contributed by atoms with Gasteiger partial charge in [0.25, 0.3) is 10.0 Å². The Balaban J connectivity index is 2.07. The van der Waals surface area contributed by atoms with Gasteiger partial charge in [0.1, 0.15) is 10.6 Å². The van der Waals surface area contributed by atoms with Crippen molar-refractivity contribution >= 4 is 26.8 Å². The summed E-state index contributed by atoms with van der Waals surface area (Å²) in [5.41, 5.74) is 1.62. The van der Waals surface area contributed by atoms with E-state index in [2.05, 4.69) is 9.88 Å². The lowest BCUT2D eigenvalue weighted by molar-refractivity contribution is 0.402. The molecule has 0 spiro atoms. The topological polar surface area (TPSA) is 105 Å². The molecule has 0 radical (unpaired) electrons. The lowest BCUT2D eigenvalue weighted by atomic mass is 10.2. The van der Waals surface area contributed by atoms with Gasteiger partial charge in [-0.15, -0.1) is 0 Å². The summed E-state index contributed by atoms with van der Waals surface area (Å²) in [6.45, 7) is 1.93. The van der Waals surface area contributed by atoms with Crippen LogP contribution in [0.3, 0.4) is 0 Å². The zero-order valence-corrected chi connectivity index (χ0v) is 14.4. The predicted molar refractivity (Wildman–Crippen MR) is 91.9 cm³/mol. The fourth-order valence-electron chi connectivity index (χ4n) is 2.42. The molecule has 0 unspecified atom stereocenters. The van der Waals surface area contributed by atoms with Crippen LogP contribution in [0.4, 0.5) is 5.82 Å². The molecule has 3 aromatic rings. The van der Waals surface area contributed by atoms with Crippen LogP contribution in [0.25, 0.3) is 11.0 Å². The molecule has 0 aliphatic carbocycles. The molecule has 0 saturated carbocycles. The predicted octanol–water partition coefficient (Wildman–Crippen LogP) is 3.07. The molecular weight excluding hydrogens is 342 g/mol. The smallest absolute Gasteiger partial charge is 0.266 e. The van der Waals surface area contributed by atoms with E-state index < -0.39 is 10.0 Å². The molecule has 1 heterocycles. The van der Waals surface area contributed by atoms with Crippen molar-refractivity contribution in [2.75, 3.05) is 11.8 Å². The number of hydrogen-bond acceptors (Lipinski definition) is 6. The number of sulfonamides is 1. The molecule has 1 aromatic heterocycles. The molecule has 0 saturated heterocycles. The van der Waals surface area contributed by atoms with Crippen molar-refractivity contribution in [2.24, 2.45) is 0 Å². The zero-order chi connectivity index (χ0) is 18.0. The Kier molecular flexibility index (Phi) is 4.33. The average Bonchev–Trinajstić information content (AvgIpc) is 3.02. The minimum Gasteiger partial charge on any atom is -0.495 e. The van der Waals surface area contributed by atoms with E-state index in [0.29, 0.717) is 23.0 Å². The number of nitrogens with zero attached hydrogens (tertiary/aromatic N) is 2. The molecule has 128 valence electrons. The molecule has 8 heteroatoms. The largest absolute Gasteiger partial charge is 0.495 e. The van der Waals surface area contributed by atoms with Crippen LogP contribution in [0.5, 0.6) is 5.75 Å². The van der Waals surface area contributed by atoms with Gasteiger partial charge in [-0.25, -0.2) is 8.42 Å². The van der Waals surface area contributed by atoms with Gasteiger partial charge in [-0.1, -0.05) is 18.1 Å². The first-order valence-electron chi connectivity index (χ1n) is 7.47. The quantitative estimate of drug-likeness (QED) is 0.752. The molecule has 25 heavy (non-hydrogen) atoms. The van der Waals surface area contributed by atoms with Gasteiger partial charge in [0.05, 0.1) is 24.1 Å². The summed E-state index contributed by atoms with van der Waals surface area (Å²) < 4.78 is 38.3. The number of fused-ring (bicyclic) bond motifs is 1. The molecule has 7 nitrogen and oxygen atoms in total. The highest BCUT2D eigenvalue weighted by Gasteiger charge is 2.23. The normalized spacial score (nSPS) is 11.2. The standard InChI is InChI=1S/C17H15N3O4S/c1-3-11-4-7-15(23-2)16(9-11)25(21,22)20-17-13-8-12(10-18)5-6-14(13)24-19-17/h4-9H,3H2,1-2H3,(H,19,20). The van der Waals surface area contributed by atoms with Crippen LogP contribution in [-0.2, 0) is 16.4 Å². The summed E-state index contributed by atoms with van der Waals surface area (Å²) in [4.78, 5) is 0.0157. The molecule has 0 atom stereocenters. The number of aromatic nitrogens is 1. The number of nitriles is 1. The third-order valence-electron chi connectivity index (χ3n) is 3.76. The van der Waals surface area contributed by atoms with Crippen LogP contribution < -0.4 is 9.46 Å².